The van der Waals surface area contributed by atoms with Crippen LogP contribution in [0.25, 0.3) is 0 Å². The van der Waals surface area contributed by atoms with Gasteiger partial charge in [0.05, 0.1) is 12.7 Å². The summed E-state index contributed by atoms with van der Waals surface area (Å²) in [6, 6.07) is 12.3. The van der Waals surface area contributed by atoms with Gasteiger partial charge in [-0.1, -0.05) is 23.8 Å². The third kappa shape index (κ3) is 4.35. The minimum absolute atomic E-state index is 0.0574. The number of carbonyl (C=O) groups excluding carboxylic acids is 2. The molecule has 0 N–H and O–H groups in total. The van der Waals surface area contributed by atoms with Crippen LogP contribution in [0.15, 0.2) is 42.5 Å². The van der Waals surface area contributed by atoms with Crippen molar-refractivity contribution in [3.63, 3.8) is 0 Å². The summed E-state index contributed by atoms with van der Waals surface area (Å²) >= 11 is 0. The molecule has 0 amide bonds. The van der Waals surface area contributed by atoms with Crippen LogP contribution in [0.1, 0.15) is 33.2 Å². The lowest BCUT2D eigenvalue weighted by atomic mass is 10.1. The van der Waals surface area contributed by atoms with Crippen LogP contribution in [-0.4, -0.2) is 32.1 Å². The van der Waals surface area contributed by atoms with E-state index in [1.165, 1.54) is 14.0 Å². The minimum Gasteiger partial charge on any atom is -0.489 e. The maximum Gasteiger partial charge on any atom is 0.341 e. The van der Waals surface area contributed by atoms with Gasteiger partial charge in [-0.3, -0.25) is 4.79 Å². The van der Waals surface area contributed by atoms with E-state index in [9.17, 15) is 9.59 Å². The quantitative estimate of drug-likeness (QED) is 0.442. The fourth-order valence-corrected chi connectivity index (χ4v) is 2.23. The number of hydrogen-bond donors (Lipinski definition) is 0. The molecule has 0 bridgehead atoms. The van der Waals surface area contributed by atoms with Crippen molar-refractivity contribution in [1.29, 1.82) is 0 Å². The minimum atomic E-state index is -0.448. The second-order valence-electron chi connectivity index (χ2n) is 5.24. The maximum absolute atomic E-state index is 11.8. The van der Waals surface area contributed by atoms with Gasteiger partial charge in [0.1, 0.15) is 30.3 Å². The molecular formula is C19H20O5. The van der Waals surface area contributed by atoms with Crippen molar-refractivity contribution in [2.75, 3.05) is 20.3 Å². The number of Topliss-reactive ketones (excluding diaryl/α,β-unsaturated/α-hetero) is 1. The van der Waals surface area contributed by atoms with Gasteiger partial charge < -0.3 is 14.2 Å². The molecule has 5 nitrogen and oxygen atoms in total. The molecule has 0 spiro atoms. The summed E-state index contributed by atoms with van der Waals surface area (Å²) in [6.07, 6.45) is 0. The number of ketones is 1. The molecule has 2 rings (SSSR count). The Balaban J connectivity index is 1.98. The lowest BCUT2D eigenvalue weighted by Crippen LogP contribution is -2.13. The Morgan fingerprint density at radius 2 is 1.54 bits per heavy atom. The predicted octanol–water partition coefficient (Wildman–Crippen LogP) is 3.44. The van der Waals surface area contributed by atoms with Crippen LogP contribution in [0.3, 0.4) is 0 Å². The van der Waals surface area contributed by atoms with E-state index < -0.39 is 5.97 Å². The molecule has 0 unspecified atom stereocenters. The van der Waals surface area contributed by atoms with Crippen molar-refractivity contribution in [2.45, 2.75) is 13.8 Å². The second-order valence-corrected chi connectivity index (χ2v) is 5.24. The molecule has 0 aliphatic rings. The first-order valence-corrected chi connectivity index (χ1v) is 7.57. The van der Waals surface area contributed by atoms with E-state index in [0.29, 0.717) is 22.6 Å². The average molecular weight is 328 g/mol. The maximum atomic E-state index is 11.8. The van der Waals surface area contributed by atoms with Crippen molar-refractivity contribution in [1.82, 2.24) is 0 Å². The standard InChI is InChI=1S/C19H20O5/c1-13-8-9-18(16(12-13)19(21)22-3)24-11-10-23-17-7-5-4-6-15(17)14(2)20/h4-9,12H,10-11H2,1-3H3. The number of para-hydroxylation sites is 1. The van der Waals surface area contributed by atoms with Crippen LogP contribution in [0, 0.1) is 6.92 Å². The molecule has 5 heteroatoms. The first kappa shape index (κ1) is 17.5. The fraction of sp³-hybridized carbons (Fsp3) is 0.263. The van der Waals surface area contributed by atoms with Crippen molar-refractivity contribution < 1.29 is 23.8 Å². The third-order valence-electron chi connectivity index (χ3n) is 3.41. The monoisotopic (exact) mass is 328 g/mol. The van der Waals surface area contributed by atoms with Crippen LogP contribution in [-0.2, 0) is 4.74 Å². The third-order valence-corrected chi connectivity index (χ3v) is 3.41. The molecule has 24 heavy (non-hydrogen) atoms. The molecule has 0 saturated heterocycles. The van der Waals surface area contributed by atoms with Crippen molar-refractivity contribution in [2.24, 2.45) is 0 Å². The summed E-state index contributed by atoms with van der Waals surface area (Å²) < 4.78 is 16.0. The molecule has 0 atom stereocenters. The number of ether oxygens (including phenoxy) is 3. The molecule has 0 heterocycles. The molecule has 0 aliphatic carbocycles. The predicted molar refractivity (Wildman–Crippen MR) is 90.0 cm³/mol. The zero-order valence-electron chi connectivity index (χ0n) is 14.0. The topological polar surface area (TPSA) is 61.8 Å². The normalized spacial score (nSPS) is 10.1. The summed E-state index contributed by atoms with van der Waals surface area (Å²) in [5.41, 5.74) is 1.85. The highest BCUT2D eigenvalue weighted by Gasteiger charge is 2.13. The van der Waals surface area contributed by atoms with Gasteiger partial charge in [0.2, 0.25) is 0 Å². The van der Waals surface area contributed by atoms with Gasteiger partial charge in [0.25, 0.3) is 0 Å². The smallest absolute Gasteiger partial charge is 0.341 e. The van der Waals surface area contributed by atoms with Crippen LogP contribution in [0.5, 0.6) is 11.5 Å². The Hall–Kier alpha value is -2.82. The molecule has 0 radical (unpaired) electrons. The van der Waals surface area contributed by atoms with E-state index in [-0.39, 0.29) is 19.0 Å². The summed E-state index contributed by atoms with van der Waals surface area (Å²) in [4.78, 5) is 23.3. The highest BCUT2D eigenvalue weighted by atomic mass is 16.5. The molecule has 0 fully saturated rings. The molecule has 0 saturated carbocycles. The van der Waals surface area contributed by atoms with Gasteiger partial charge in [-0.2, -0.15) is 0 Å². The molecular weight excluding hydrogens is 308 g/mol. The molecule has 2 aromatic rings. The lowest BCUT2D eigenvalue weighted by molar-refractivity contribution is 0.0594. The Labute approximate surface area is 141 Å². The van der Waals surface area contributed by atoms with Gasteiger partial charge in [-0.05, 0) is 38.1 Å². The Morgan fingerprint density at radius 1 is 0.917 bits per heavy atom. The van der Waals surface area contributed by atoms with E-state index in [1.807, 2.05) is 13.0 Å². The average Bonchev–Trinajstić information content (AvgIpc) is 2.59. The largest absolute Gasteiger partial charge is 0.489 e. The molecule has 0 aromatic heterocycles. The fourth-order valence-electron chi connectivity index (χ4n) is 2.23. The number of esters is 1. The van der Waals surface area contributed by atoms with Crippen molar-refractivity contribution in [3.8, 4) is 11.5 Å². The summed E-state index contributed by atoms with van der Waals surface area (Å²) in [5, 5.41) is 0. The first-order valence-electron chi connectivity index (χ1n) is 7.57. The number of carbonyl (C=O) groups is 2. The van der Waals surface area contributed by atoms with Crippen molar-refractivity contribution in [3.05, 3.63) is 59.2 Å². The number of rotatable bonds is 7. The van der Waals surface area contributed by atoms with Crippen molar-refractivity contribution >= 4 is 11.8 Å². The molecule has 2 aromatic carbocycles. The first-order chi connectivity index (χ1) is 11.5. The van der Waals surface area contributed by atoms with Gasteiger partial charge in [0, 0.05) is 0 Å². The highest BCUT2D eigenvalue weighted by Crippen LogP contribution is 2.22. The van der Waals surface area contributed by atoms with E-state index in [0.717, 1.165) is 5.56 Å². The Bertz CT molecular complexity index is 736. The Morgan fingerprint density at radius 3 is 2.17 bits per heavy atom. The zero-order valence-corrected chi connectivity index (χ0v) is 14.0. The zero-order chi connectivity index (χ0) is 17.5. The van der Waals surface area contributed by atoms with Crippen LogP contribution in [0.4, 0.5) is 0 Å². The number of aryl methyl sites for hydroxylation is 1. The second kappa shape index (κ2) is 8.15. The van der Waals surface area contributed by atoms with Crippen LogP contribution >= 0.6 is 0 Å². The lowest BCUT2D eigenvalue weighted by Gasteiger charge is -2.13. The molecule has 0 aliphatic heterocycles. The summed E-state index contributed by atoms with van der Waals surface area (Å²) in [6.45, 7) is 3.86. The Kier molecular flexibility index (Phi) is 5.95. The molecule has 126 valence electrons. The summed E-state index contributed by atoms with van der Waals surface area (Å²) in [7, 11) is 1.33. The van der Waals surface area contributed by atoms with Gasteiger partial charge in [-0.15, -0.1) is 0 Å². The number of benzene rings is 2. The van der Waals surface area contributed by atoms with E-state index in [1.54, 1.807) is 36.4 Å². The van der Waals surface area contributed by atoms with Crippen LogP contribution < -0.4 is 9.47 Å². The SMILES string of the molecule is COC(=O)c1cc(C)ccc1OCCOc1ccccc1C(C)=O. The van der Waals surface area contributed by atoms with E-state index >= 15 is 0 Å². The number of methoxy groups -OCH3 is 1. The van der Waals surface area contributed by atoms with E-state index in [2.05, 4.69) is 0 Å². The van der Waals surface area contributed by atoms with Gasteiger partial charge >= 0.3 is 5.97 Å². The van der Waals surface area contributed by atoms with Crippen LogP contribution in [0.2, 0.25) is 0 Å². The van der Waals surface area contributed by atoms with Gasteiger partial charge in [-0.25, -0.2) is 4.79 Å². The van der Waals surface area contributed by atoms with E-state index in [4.69, 9.17) is 14.2 Å². The summed E-state index contributed by atoms with van der Waals surface area (Å²) in [5.74, 6) is 0.455. The van der Waals surface area contributed by atoms with Gasteiger partial charge in [0.15, 0.2) is 5.78 Å². The highest BCUT2D eigenvalue weighted by molar-refractivity contribution is 5.96. The number of hydrogen-bond acceptors (Lipinski definition) is 5.